The Labute approximate surface area is 161 Å². The summed E-state index contributed by atoms with van der Waals surface area (Å²) >= 11 is 0. The van der Waals surface area contributed by atoms with E-state index in [0.29, 0.717) is 24.2 Å². The molecule has 0 saturated heterocycles. The minimum atomic E-state index is -0.0809. The zero-order valence-electron chi connectivity index (χ0n) is 16.0. The van der Waals surface area contributed by atoms with Crippen LogP contribution >= 0.6 is 0 Å². The van der Waals surface area contributed by atoms with Crippen molar-refractivity contribution in [3.8, 4) is 0 Å². The molecule has 0 aliphatic heterocycles. The molecule has 0 spiro atoms. The average Bonchev–Trinajstić information content (AvgIpc) is 2.73. The Morgan fingerprint density at radius 3 is 2.37 bits per heavy atom. The number of rotatable bonds is 6. The Hall–Kier alpha value is -2.62. The predicted octanol–water partition coefficient (Wildman–Crippen LogP) is 4.41. The fraction of sp³-hybridized carbons (Fsp3) is 0.391. The van der Waals surface area contributed by atoms with Gasteiger partial charge in [0.15, 0.2) is 0 Å². The van der Waals surface area contributed by atoms with Crippen molar-refractivity contribution in [3.05, 3.63) is 71.3 Å². The highest BCUT2D eigenvalue weighted by Gasteiger charge is 2.19. The van der Waals surface area contributed by atoms with E-state index in [2.05, 4.69) is 5.32 Å². The third-order valence-electron chi connectivity index (χ3n) is 5.20. The van der Waals surface area contributed by atoms with Gasteiger partial charge in [-0.2, -0.15) is 0 Å². The summed E-state index contributed by atoms with van der Waals surface area (Å²) in [6, 6.07) is 17.3. The second kappa shape index (κ2) is 9.36. The van der Waals surface area contributed by atoms with Crippen LogP contribution in [0.4, 0.5) is 0 Å². The second-order valence-corrected chi connectivity index (χ2v) is 7.19. The van der Waals surface area contributed by atoms with Gasteiger partial charge >= 0.3 is 0 Å². The molecule has 0 unspecified atom stereocenters. The van der Waals surface area contributed by atoms with Gasteiger partial charge in [-0.1, -0.05) is 55.7 Å². The normalized spacial score (nSPS) is 14.6. The molecule has 0 radical (unpaired) electrons. The van der Waals surface area contributed by atoms with Crippen molar-refractivity contribution in [2.75, 3.05) is 6.54 Å². The van der Waals surface area contributed by atoms with E-state index in [-0.39, 0.29) is 17.9 Å². The summed E-state index contributed by atoms with van der Waals surface area (Å²) < 4.78 is 0. The molecular weight excluding hydrogens is 336 g/mol. The molecule has 1 N–H and O–H groups in total. The number of nitrogens with zero attached hydrogens (tertiary/aromatic N) is 1. The van der Waals surface area contributed by atoms with Crippen LogP contribution in [0, 0.1) is 0 Å². The Morgan fingerprint density at radius 2 is 1.67 bits per heavy atom. The van der Waals surface area contributed by atoms with Gasteiger partial charge in [-0.25, -0.2) is 0 Å². The van der Waals surface area contributed by atoms with Crippen LogP contribution in [-0.2, 0) is 6.54 Å². The zero-order chi connectivity index (χ0) is 19.1. The van der Waals surface area contributed by atoms with Crippen molar-refractivity contribution in [1.29, 1.82) is 0 Å². The zero-order valence-corrected chi connectivity index (χ0v) is 16.0. The minimum absolute atomic E-state index is 0.0475. The smallest absolute Gasteiger partial charge is 0.254 e. The van der Waals surface area contributed by atoms with Crippen molar-refractivity contribution in [3.63, 3.8) is 0 Å². The van der Waals surface area contributed by atoms with Crippen LogP contribution in [0.3, 0.4) is 0 Å². The molecule has 0 bridgehead atoms. The highest BCUT2D eigenvalue weighted by molar-refractivity contribution is 5.99. The van der Waals surface area contributed by atoms with Gasteiger partial charge < -0.3 is 10.2 Å². The van der Waals surface area contributed by atoms with Gasteiger partial charge in [0, 0.05) is 30.3 Å². The Balaban J connectivity index is 1.69. The number of hydrogen-bond donors (Lipinski definition) is 1. The lowest BCUT2D eigenvalue weighted by Crippen LogP contribution is -2.36. The van der Waals surface area contributed by atoms with E-state index in [4.69, 9.17) is 0 Å². The lowest BCUT2D eigenvalue weighted by molar-refractivity contribution is 0.0752. The van der Waals surface area contributed by atoms with Gasteiger partial charge in [0.25, 0.3) is 11.8 Å². The molecule has 4 heteroatoms. The van der Waals surface area contributed by atoms with Gasteiger partial charge in [0.1, 0.15) is 0 Å². The Morgan fingerprint density at radius 1 is 0.963 bits per heavy atom. The van der Waals surface area contributed by atoms with Crippen molar-refractivity contribution >= 4 is 11.8 Å². The molecule has 142 valence electrons. The van der Waals surface area contributed by atoms with Gasteiger partial charge in [-0.3, -0.25) is 9.59 Å². The molecule has 1 aliphatic carbocycles. The summed E-state index contributed by atoms with van der Waals surface area (Å²) in [6.45, 7) is 3.15. The first-order chi connectivity index (χ1) is 13.2. The van der Waals surface area contributed by atoms with Crippen LogP contribution < -0.4 is 5.32 Å². The molecular formula is C23H28N2O2. The second-order valence-electron chi connectivity index (χ2n) is 7.19. The Bertz CT molecular complexity index is 767. The summed E-state index contributed by atoms with van der Waals surface area (Å²) in [5.41, 5.74) is 2.21. The molecule has 4 nitrogen and oxygen atoms in total. The maximum atomic E-state index is 12.9. The quantitative estimate of drug-likeness (QED) is 0.825. The number of carbonyl (C=O) groups excluding carboxylic acids is 2. The number of nitrogens with one attached hydrogen (secondary N) is 1. The molecule has 3 rings (SSSR count). The Kier molecular flexibility index (Phi) is 6.64. The lowest BCUT2D eigenvalue weighted by atomic mass is 9.95. The lowest BCUT2D eigenvalue weighted by Gasteiger charge is -2.23. The van der Waals surface area contributed by atoms with E-state index < -0.39 is 0 Å². The van der Waals surface area contributed by atoms with E-state index in [9.17, 15) is 9.59 Å². The highest BCUT2D eigenvalue weighted by atomic mass is 16.2. The van der Waals surface area contributed by atoms with E-state index in [1.54, 1.807) is 29.2 Å². The first kappa shape index (κ1) is 19.2. The molecule has 27 heavy (non-hydrogen) atoms. The molecule has 0 atom stereocenters. The monoisotopic (exact) mass is 364 g/mol. The van der Waals surface area contributed by atoms with Crippen molar-refractivity contribution in [1.82, 2.24) is 10.2 Å². The van der Waals surface area contributed by atoms with Crippen LogP contribution in [0.5, 0.6) is 0 Å². The topological polar surface area (TPSA) is 49.4 Å². The molecule has 1 saturated carbocycles. The maximum absolute atomic E-state index is 12.9. The van der Waals surface area contributed by atoms with Gasteiger partial charge in [0.2, 0.25) is 0 Å². The van der Waals surface area contributed by atoms with Crippen molar-refractivity contribution in [2.45, 2.75) is 51.6 Å². The average molecular weight is 364 g/mol. The van der Waals surface area contributed by atoms with Crippen LogP contribution in [0.15, 0.2) is 54.6 Å². The summed E-state index contributed by atoms with van der Waals surface area (Å²) in [4.78, 5) is 27.3. The molecule has 1 fully saturated rings. The third kappa shape index (κ3) is 5.19. The van der Waals surface area contributed by atoms with E-state index >= 15 is 0 Å². The molecule has 2 aromatic carbocycles. The van der Waals surface area contributed by atoms with Crippen molar-refractivity contribution in [2.24, 2.45) is 0 Å². The van der Waals surface area contributed by atoms with Crippen LogP contribution in [0.25, 0.3) is 0 Å². The third-order valence-corrected chi connectivity index (χ3v) is 5.20. The first-order valence-corrected chi connectivity index (χ1v) is 9.91. The van der Waals surface area contributed by atoms with Crippen LogP contribution in [0.1, 0.15) is 65.3 Å². The van der Waals surface area contributed by atoms with Gasteiger partial charge in [-0.05, 0) is 43.5 Å². The predicted molar refractivity (Wildman–Crippen MR) is 108 cm³/mol. The number of carbonyl (C=O) groups is 2. The van der Waals surface area contributed by atoms with E-state index in [1.165, 1.54) is 19.3 Å². The summed E-state index contributed by atoms with van der Waals surface area (Å²) in [6.07, 6.45) is 5.70. The number of hydrogen-bond acceptors (Lipinski definition) is 2. The summed E-state index contributed by atoms with van der Waals surface area (Å²) in [5, 5.41) is 3.12. The van der Waals surface area contributed by atoms with Gasteiger partial charge in [-0.15, -0.1) is 0 Å². The molecule has 2 amide bonds. The minimum Gasteiger partial charge on any atom is -0.349 e. The maximum Gasteiger partial charge on any atom is 0.254 e. The molecule has 0 heterocycles. The summed E-state index contributed by atoms with van der Waals surface area (Å²) in [7, 11) is 0. The van der Waals surface area contributed by atoms with Crippen LogP contribution in [-0.4, -0.2) is 29.3 Å². The molecule has 2 aromatic rings. The number of amides is 2. The SMILES string of the molecule is CCN(Cc1ccccc1)C(=O)c1cccc(C(=O)NC2CCCCC2)c1. The van der Waals surface area contributed by atoms with E-state index in [1.807, 2.05) is 37.3 Å². The van der Waals surface area contributed by atoms with E-state index in [0.717, 1.165) is 18.4 Å². The molecule has 1 aliphatic rings. The van der Waals surface area contributed by atoms with Crippen LogP contribution in [0.2, 0.25) is 0 Å². The number of benzene rings is 2. The fourth-order valence-electron chi connectivity index (χ4n) is 3.62. The van der Waals surface area contributed by atoms with Crippen molar-refractivity contribution < 1.29 is 9.59 Å². The standard InChI is InChI=1S/C23H28N2O2/c1-2-25(17-18-10-5-3-6-11-18)23(27)20-13-9-12-19(16-20)22(26)24-21-14-7-4-8-15-21/h3,5-6,9-13,16,21H,2,4,7-8,14-15,17H2,1H3,(H,24,26). The van der Waals surface area contributed by atoms with Gasteiger partial charge in [0.05, 0.1) is 0 Å². The first-order valence-electron chi connectivity index (χ1n) is 9.91. The summed E-state index contributed by atoms with van der Waals surface area (Å²) in [5.74, 6) is -0.128. The fourth-order valence-corrected chi connectivity index (χ4v) is 3.62. The highest BCUT2D eigenvalue weighted by Crippen LogP contribution is 2.18. The molecule has 0 aromatic heterocycles. The largest absolute Gasteiger partial charge is 0.349 e.